The first-order valence-corrected chi connectivity index (χ1v) is 40.6. The van der Waals surface area contributed by atoms with Crippen molar-refractivity contribution in [1.82, 2.24) is 39.6 Å². The number of hydrogen-bond acceptors (Lipinski definition) is 19. The summed E-state index contributed by atoms with van der Waals surface area (Å²) in [6.45, 7) is 32.4. The van der Waals surface area contributed by atoms with Gasteiger partial charge in [-0.05, 0) is 108 Å². The van der Waals surface area contributed by atoms with Crippen molar-refractivity contribution in [3.8, 4) is 0 Å². The van der Waals surface area contributed by atoms with E-state index >= 15 is 0 Å². The Morgan fingerprint density at radius 3 is 1.14 bits per heavy atom. The highest BCUT2D eigenvalue weighted by molar-refractivity contribution is 6.13. The fourth-order valence-electron chi connectivity index (χ4n) is 16.2. The van der Waals surface area contributed by atoms with Gasteiger partial charge in [0, 0.05) is 149 Å². The van der Waals surface area contributed by atoms with Crippen LogP contribution in [0.4, 0.5) is 0 Å². The van der Waals surface area contributed by atoms with Crippen LogP contribution in [-0.4, -0.2) is 265 Å². The predicted octanol–water partition coefficient (Wildman–Crippen LogP) is 9.22. The molecule has 0 radical (unpaired) electrons. The molecular weight excluding hydrogens is 1420 g/mol. The Labute approximate surface area is 663 Å². The lowest BCUT2D eigenvalue weighted by atomic mass is 9.83. The maximum atomic E-state index is 14.4. The van der Waals surface area contributed by atoms with E-state index in [0.717, 1.165) is 38.5 Å². The molecule has 4 rings (SSSR count). The fourth-order valence-corrected chi connectivity index (χ4v) is 16.2. The number of nitrogens with zero attached hydrogens (tertiary/aromatic N) is 7. The van der Waals surface area contributed by atoms with Crippen molar-refractivity contribution in [1.29, 1.82) is 0 Å². The molecule has 4 heterocycles. The molecule has 0 aliphatic carbocycles. The molecule has 0 saturated carbocycles. The van der Waals surface area contributed by atoms with E-state index in [-0.39, 0.29) is 192 Å². The molecule has 16 atom stereocenters. The summed E-state index contributed by atoms with van der Waals surface area (Å²) in [5.74, 6) is -4.85. The first-order chi connectivity index (χ1) is 52.1. The van der Waals surface area contributed by atoms with Crippen molar-refractivity contribution in [2.45, 2.75) is 287 Å². The van der Waals surface area contributed by atoms with Gasteiger partial charge >= 0.3 is 5.97 Å². The van der Waals surface area contributed by atoms with E-state index in [1.807, 2.05) is 92.9 Å². The third kappa shape index (κ3) is 29.4. The molecule has 2 unspecified atom stereocenters. The summed E-state index contributed by atoms with van der Waals surface area (Å²) < 4.78 is 23.4. The number of hydrogen-bond donors (Lipinski definition) is 2. The monoisotopic (exact) mass is 1570 g/mol. The lowest BCUT2D eigenvalue weighted by molar-refractivity contribution is -0.149. The molecule has 4 aliphatic heterocycles. The molecule has 27 heteroatoms. The van der Waals surface area contributed by atoms with Gasteiger partial charge in [-0.1, -0.05) is 123 Å². The number of likely N-dealkylation sites (tertiary alicyclic amines) is 2. The minimum atomic E-state index is -0.815. The average molecular weight is 1570 g/mol. The van der Waals surface area contributed by atoms with E-state index in [9.17, 15) is 67.1 Å². The van der Waals surface area contributed by atoms with Crippen molar-refractivity contribution in [3.05, 3.63) is 24.3 Å². The Balaban J connectivity index is 0.000000650. The highest BCUT2D eigenvalue weighted by atomic mass is 16.5. The number of ketones is 4. The van der Waals surface area contributed by atoms with Crippen LogP contribution < -0.4 is 5.32 Å². The van der Waals surface area contributed by atoms with Gasteiger partial charge in [0.15, 0.2) is 11.6 Å². The van der Waals surface area contributed by atoms with Crippen molar-refractivity contribution in [2.75, 3.05) is 82.8 Å². The second-order valence-corrected chi connectivity index (χ2v) is 32.5. The molecule has 0 spiro atoms. The summed E-state index contributed by atoms with van der Waals surface area (Å²) in [5.41, 5.74) is 0. The molecule has 27 nitrogen and oxygen atoms in total. The van der Waals surface area contributed by atoms with E-state index in [0.29, 0.717) is 64.7 Å². The SMILES string of the molecule is CC[C@H](C)C([C@@H](CC(=O)N1CCC[C@H]1[C@H](OC)[C@@H](C)C(C)=O)OC)N(C)C(=O)[C@@H](CC(=O)[C@@H](NC)C(C)C)C(C)C.CC[C@H](C)C([C@@H](CC(=O)N1CCC[C@H]1[C@H](OC)[C@@H](C)C(C)=O)OC)N(C)C(=O)[C@@H](CC(=O)[C@H](C(C)C)N(C)C(=O)CCCCCN1C(=O)C=CC1=O)C(C)C.O=C(O)CCCCCN1C(=O)C=CC1=O. The number of imide groups is 2. The molecule has 0 aromatic heterocycles. The molecule has 4 aliphatic rings. The Morgan fingerprint density at radius 1 is 0.486 bits per heavy atom. The standard InChI is InChI=1S/C42H70N4O9.C32H59N3O6.C10H13NO4/c1-13-28(6)40(34(54-11)25-38(52)45-23-17-18-32(45)41(55-12)29(7)30(8)47)44(10)42(53)31(26(2)3)24-33(48)39(27(4)5)43(9)35(49)19-15-14-16-22-46-36(50)20-21-37(46)51;1-13-21(6)30(34(10)32(39)24(19(2)3)17-26(37)29(33-9)20(4)5)27(40-11)18-28(38)35-16-14-15-25(35)31(41-12)22(7)23(8)36;12-8-5-6-9(13)11(8)7-3-1-2-4-10(14)15/h20-21,26-29,31-32,34,39-41H,13-19,22-25H2,1-12H3;19-22,24-25,27,29-31,33H,13-18H2,1-12H3;5-6H,1-4,7H2,(H,14,15)/t28-,29-,31-,32-,34+,39-,40?,41+;21-,22-,24-,25-,27+,29-,30?,31+;/m00./s1. The minimum absolute atomic E-state index is 0.00635. The number of methoxy groups -OCH3 is 4. The zero-order valence-electron chi connectivity index (χ0n) is 71.8. The number of carbonyl (C=O) groups excluding carboxylic acids is 13. The Hall–Kier alpha value is -6.94. The number of carboxylic acid groups (broad SMARTS) is 1. The van der Waals surface area contributed by atoms with Crippen molar-refractivity contribution in [3.63, 3.8) is 0 Å². The van der Waals surface area contributed by atoms with Crippen LogP contribution in [0.3, 0.4) is 0 Å². The Kier molecular flexibility index (Phi) is 44.8. The number of Topliss-reactive ketones (excluding diaryl/α,β-unsaturated/α-hetero) is 4. The van der Waals surface area contributed by atoms with E-state index in [1.165, 1.54) is 45.9 Å². The molecule has 111 heavy (non-hydrogen) atoms. The normalized spacial score (nSPS) is 19.5. The van der Waals surface area contributed by atoms with Crippen molar-refractivity contribution < 1.29 is 91.2 Å². The predicted molar refractivity (Wildman–Crippen MR) is 425 cm³/mol. The van der Waals surface area contributed by atoms with Crippen LogP contribution in [-0.2, 0) is 86.1 Å². The van der Waals surface area contributed by atoms with E-state index in [4.69, 9.17) is 24.1 Å². The average Bonchev–Trinajstić information content (AvgIpc) is 1.73. The Bertz CT molecular complexity index is 3100. The number of likely N-dealkylation sites (N-methyl/N-ethyl adjacent to an activating group) is 4. The van der Waals surface area contributed by atoms with Gasteiger partial charge in [-0.15, -0.1) is 0 Å². The summed E-state index contributed by atoms with van der Waals surface area (Å²) in [7, 11) is 13.2. The van der Waals surface area contributed by atoms with Gasteiger partial charge in [-0.25, -0.2) is 0 Å². The summed E-state index contributed by atoms with van der Waals surface area (Å²) in [6.07, 6.45) is 12.1. The van der Waals surface area contributed by atoms with Gasteiger partial charge in [-0.3, -0.25) is 76.9 Å². The third-order valence-corrected chi connectivity index (χ3v) is 23.5. The summed E-state index contributed by atoms with van der Waals surface area (Å²) in [6, 6.07) is -2.24. The van der Waals surface area contributed by atoms with Gasteiger partial charge in [0.25, 0.3) is 23.6 Å². The number of rotatable bonds is 48. The maximum absolute atomic E-state index is 14.4. The number of nitrogens with one attached hydrogen (secondary N) is 1. The van der Waals surface area contributed by atoms with Crippen LogP contribution in [0.15, 0.2) is 24.3 Å². The topological polar surface area (TPSA) is 331 Å². The molecule has 2 N–H and O–H groups in total. The molecular formula is C84H142N8O19. The van der Waals surface area contributed by atoms with Crippen LogP contribution in [0.25, 0.3) is 0 Å². The fraction of sp³-hybridized carbons (Fsp3) is 0.786. The number of amides is 9. The third-order valence-electron chi connectivity index (χ3n) is 23.5. The van der Waals surface area contributed by atoms with Crippen molar-refractivity contribution in [2.24, 2.45) is 59.2 Å². The molecule has 9 amide bonds. The van der Waals surface area contributed by atoms with Crippen LogP contribution in [0, 0.1) is 59.2 Å². The number of carboxylic acids is 1. The molecule has 2 fully saturated rings. The molecule has 0 aromatic carbocycles. The lowest BCUT2D eigenvalue weighted by Gasteiger charge is -2.41. The molecule has 0 bridgehead atoms. The zero-order valence-corrected chi connectivity index (χ0v) is 71.8. The lowest BCUT2D eigenvalue weighted by Crippen LogP contribution is -2.54. The highest BCUT2D eigenvalue weighted by Gasteiger charge is 2.46. The first kappa shape index (κ1) is 100. The number of aliphatic carboxylic acids is 1. The van der Waals surface area contributed by atoms with Gasteiger partial charge < -0.3 is 53.9 Å². The van der Waals surface area contributed by atoms with Crippen LogP contribution in [0.1, 0.15) is 226 Å². The van der Waals surface area contributed by atoms with Gasteiger partial charge in [-0.2, -0.15) is 0 Å². The maximum Gasteiger partial charge on any atom is 0.303 e. The van der Waals surface area contributed by atoms with Crippen LogP contribution in [0.2, 0.25) is 0 Å². The second-order valence-electron chi connectivity index (χ2n) is 32.5. The first-order valence-electron chi connectivity index (χ1n) is 40.6. The summed E-state index contributed by atoms with van der Waals surface area (Å²) in [5, 5.41) is 11.5. The second kappa shape index (κ2) is 49.6. The highest BCUT2D eigenvalue weighted by Crippen LogP contribution is 2.34. The van der Waals surface area contributed by atoms with E-state index < -0.39 is 48.2 Å². The molecule has 0 aromatic rings. The number of unbranched alkanes of at least 4 members (excludes halogenated alkanes) is 4. The van der Waals surface area contributed by atoms with E-state index in [1.54, 1.807) is 73.4 Å². The smallest absolute Gasteiger partial charge is 0.303 e. The molecule has 2 saturated heterocycles. The zero-order chi connectivity index (χ0) is 84.6. The van der Waals surface area contributed by atoms with Gasteiger partial charge in [0.05, 0.1) is 73.5 Å². The number of ether oxygens (including phenoxy) is 4. The van der Waals surface area contributed by atoms with Crippen LogP contribution in [0.5, 0.6) is 0 Å². The molecule has 632 valence electrons. The Morgan fingerprint density at radius 2 is 0.847 bits per heavy atom. The summed E-state index contributed by atoms with van der Waals surface area (Å²) >= 11 is 0. The van der Waals surface area contributed by atoms with Gasteiger partial charge in [0.2, 0.25) is 29.5 Å². The summed E-state index contributed by atoms with van der Waals surface area (Å²) in [4.78, 5) is 188. The van der Waals surface area contributed by atoms with Crippen LogP contribution >= 0.6 is 0 Å². The van der Waals surface area contributed by atoms with Gasteiger partial charge in [0.1, 0.15) is 11.6 Å². The number of carbonyl (C=O) groups is 14. The van der Waals surface area contributed by atoms with Crippen molar-refractivity contribution >= 4 is 82.3 Å². The quantitative estimate of drug-likeness (QED) is 0.0423. The van der Waals surface area contributed by atoms with E-state index in [2.05, 4.69) is 19.2 Å². The minimum Gasteiger partial charge on any atom is -0.481 e. The largest absolute Gasteiger partial charge is 0.481 e.